The Morgan fingerprint density at radius 1 is 1.06 bits per heavy atom. The summed E-state index contributed by atoms with van der Waals surface area (Å²) in [5, 5.41) is 6.65. The van der Waals surface area contributed by atoms with Crippen molar-refractivity contribution in [2.45, 2.75) is 41.0 Å². The molecule has 1 unspecified atom stereocenters. The van der Waals surface area contributed by atoms with Crippen molar-refractivity contribution >= 4 is 11.6 Å². The van der Waals surface area contributed by atoms with Gasteiger partial charge in [0, 0.05) is 25.6 Å². The molecule has 0 spiro atoms. The predicted molar refractivity (Wildman–Crippen MR) is 78.1 cm³/mol. The minimum absolute atomic E-state index is 0.632. The van der Waals surface area contributed by atoms with Gasteiger partial charge >= 0.3 is 0 Å². The number of nitrogens with one attached hydrogen (secondary N) is 2. The van der Waals surface area contributed by atoms with Crippen LogP contribution < -0.4 is 10.6 Å². The Hall–Kier alpha value is -1.32. The zero-order chi connectivity index (χ0) is 13.5. The van der Waals surface area contributed by atoms with Crippen LogP contribution in [-0.2, 0) is 6.42 Å². The van der Waals surface area contributed by atoms with Crippen LogP contribution in [0, 0.1) is 11.8 Å². The van der Waals surface area contributed by atoms with Crippen LogP contribution in [0.4, 0.5) is 11.6 Å². The maximum atomic E-state index is 4.50. The lowest BCUT2D eigenvalue weighted by Crippen LogP contribution is -2.17. The van der Waals surface area contributed by atoms with Crippen molar-refractivity contribution in [3.63, 3.8) is 0 Å². The van der Waals surface area contributed by atoms with E-state index in [4.69, 9.17) is 0 Å². The van der Waals surface area contributed by atoms with Crippen LogP contribution >= 0.6 is 0 Å². The zero-order valence-corrected chi connectivity index (χ0v) is 12.2. The highest BCUT2D eigenvalue weighted by atomic mass is 15.1. The van der Waals surface area contributed by atoms with Crippen LogP contribution in [0.15, 0.2) is 6.07 Å². The van der Waals surface area contributed by atoms with E-state index in [1.807, 2.05) is 6.07 Å². The molecule has 102 valence electrons. The average Bonchev–Trinajstić information content (AvgIpc) is 2.35. The summed E-state index contributed by atoms with van der Waals surface area (Å²) in [7, 11) is 0. The molecule has 0 saturated heterocycles. The molecular weight excluding hydrogens is 224 g/mol. The number of rotatable bonds is 7. The van der Waals surface area contributed by atoms with Gasteiger partial charge in [0.15, 0.2) is 0 Å². The highest BCUT2D eigenvalue weighted by Crippen LogP contribution is 2.14. The number of hydrogen-bond donors (Lipinski definition) is 2. The molecule has 1 aromatic heterocycles. The largest absolute Gasteiger partial charge is 0.370 e. The number of aryl methyl sites for hydroxylation is 1. The molecule has 4 nitrogen and oxygen atoms in total. The molecule has 0 amide bonds. The monoisotopic (exact) mass is 250 g/mol. The van der Waals surface area contributed by atoms with Gasteiger partial charge in [-0.3, -0.25) is 0 Å². The molecule has 0 bridgehead atoms. The highest BCUT2D eigenvalue weighted by Gasteiger charge is 2.08. The van der Waals surface area contributed by atoms with E-state index in [9.17, 15) is 0 Å². The lowest BCUT2D eigenvalue weighted by atomic mass is 9.98. The number of hydrogen-bond acceptors (Lipinski definition) is 4. The summed E-state index contributed by atoms with van der Waals surface area (Å²) in [6.07, 6.45) is 0.855. The third-order valence-electron chi connectivity index (χ3n) is 3.19. The van der Waals surface area contributed by atoms with Gasteiger partial charge in [0.25, 0.3) is 0 Å². The standard InChI is InChI=1S/C14H26N4/c1-6-12-17-13(15-7-2)8-14(18-12)16-9-11(5)10(3)4/h8,10-11H,6-7,9H2,1-5H3,(H2,15,16,17,18). The lowest BCUT2D eigenvalue weighted by Gasteiger charge is -2.17. The SMILES string of the molecule is CCNc1cc(NCC(C)C(C)C)nc(CC)n1. The van der Waals surface area contributed by atoms with Gasteiger partial charge in [0.1, 0.15) is 17.5 Å². The van der Waals surface area contributed by atoms with E-state index < -0.39 is 0 Å². The molecule has 0 fully saturated rings. The first-order valence-corrected chi connectivity index (χ1v) is 6.92. The molecule has 1 rings (SSSR count). The van der Waals surface area contributed by atoms with Gasteiger partial charge in [-0.15, -0.1) is 0 Å². The molecule has 1 heterocycles. The molecule has 0 aromatic carbocycles. The number of anilines is 2. The third-order valence-corrected chi connectivity index (χ3v) is 3.19. The van der Waals surface area contributed by atoms with Crippen LogP contribution in [-0.4, -0.2) is 23.1 Å². The molecule has 0 aliphatic heterocycles. The summed E-state index contributed by atoms with van der Waals surface area (Å²) in [5.74, 6) is 4.02. The molecule has 0 aliphatic rings. The molecule has 18 heavy (non-hydrogen) atoms. The molecule has 4 heteroatoms. The van der Waals surface area contributed by atoms with Gasteiger partial charge < -0.3 is 10.6 Å². The molecule has 0 saturated carbocycles. The van der Waals surface area contributed by atoms with E-state index in [-0.39, 0.29) is 0 Å². The Labute approximate surface area is 111 Å². The fourth-order valence-electron chi connectivity index (χ4n) is 1.52. The van der Waals surface area contributed by atoms with Crippen molar-refractivity contribution in [2.75, 3.05) is 23.7 Å². The highest BCUT2D eigenvalue weighted by molar-refractivity contribution is 5.47. The third kappa shape index (κ3) is 4.51. The van der Waals surface area contributed by atoms with Crippen molar-refractivity contribution in [3.8, 4) is 0 Å². The van der Waals surface area contributed by atoms with Gasteiger partial charge in [-0.2, -0.15) is 0 Å². The van der Waals surface area contributed by atoms with Crippen LogP contribution in [0.1, 0.15) is 40.4 Å². The Kier molecular flexibility index (Phi) is 5.89. The summed E-state index contributed by atoms with van der Waals surface area (Å²) in [6, 6.07) is 1.98. The van der Waals surface area contributed by atoms with Gasteiger partial charge in [0.05, 0.1) is 0 Å². The van der Waals surface area contributed by atoms with E-state index >= 15 is 0 Å². The molecular formula is C14H26N4. The second-order valence-electron chi connectivity index (χ2n) is 5.04. The normalized spacial score (nSPS) is 12.6. The second-order valence-corrected chi connectivity index (χ2v) is 5.04. The van der Waals surface area contributed by atoms with Crippen LogP contribution in [0.3, 0.4) is 0 Å². The molecule has 1 aromatic rings. The number of aromatic nitrogens is 2. The van der Waals surface area contributed by atoms with Crippen LogP contribution in [0.25, 0.3) is 0 Å². The number of nitrogens with zero attached hydrogens (tertiary/aromatic N) is 2. The Morgan fingerprint density at radius 3 is 2.17 bits per heavy atom. The quantitative estimate of drug-likeness (QED) is 0.780. The Morgan fingerprint density at radius 2 is 1.67 bits per heavy atom. The summed E-state index contributed by atoms with van der Waals surface area (Å²) in [5.41, 5.74) is 0. The van der Waals surface area contributed by atoms with E-state index in [0.29, 0.717) is 11.8 Å². The zero-order valence-electron chi connectivity index (χ0n) is 12.2. The average molecular weight is 250 g/mol. The molecule has 0 radical (unpaired) electrons. The first-order valence-electron chi connectivity index (χ1n) is 6.92. The van der Waals surface area contributed by atoms with Gasteiger partial charge in [-0.1, -0.05) is 27.7 Å². The van der Waals surface area contributed by atoms with Crippen molar-refractivity contribution in [1.29, 1.82) is 0 Å². The summed E-state index contributed by atoms with van der Waals surface area (Å²) in [6.45, 7) is 12.7. The topological polar surface area (TPSA) is 49.8 Å². The fourth-order valence-corrected chi connectivity index (χ4v) is 1.52. The summed E-state index contributed by atoms with van der Waals surface area (Å²) >= 11 is 0. The molecule has 2 N–H and O–H groups in total. The smallest absolute Gasteiger partial charge is 0.132 e. The van der Waals surface area contributed by atoms with E-state index in [2.05, 4.69) is 55.2 Å². The maximum Gasteiger partial charge on any atom is 0.132 e. The second kappa shape index (κ2) is 7.19. The lowest BCUT2D eigenvalue weighted by molar-refractivity contribution is 0.439. The van der Waals surface area contributed by atoms with Crippen molar-refractivity contribution in [1.82, 2.24) is 9.97 Å². The van der Waals surface area contributed by atoms with Gasteiger partial charge in [0.2, 0.25) is 0 Å². The van der Waals surface area contributed by atoms with Crippen molar-refractivity contribution in [2.24, 2.45) is 11.8 Å². The fraction of sp³-hybridized carbons (Fsp3) is 0.714. The predicted octanol–water partition coefficient (Wildman–Crippen LogP) is 3.17. The van der Waals surface area contributed by atoms with Gasteiger partial charge in [-0.25, -0.2) is 9.97 Å². The van der Waals surface area contributed by atoms with E-state index in [0.717, 1.165) is 37.0 Å². The Bertz CT molecular complexity index is 363. The van der Waals surface area contributed by atoms with Crippen molar-refractivity contribution < 1.29 is 0 Å². The summed E-state index contributed by atoms with van der Waals surface area (Å²) in [4.78, 5) is 8.94. The van der Waals surface area contributed by atoms with Crippen molar-refractivity contribution in [3.05, 3.63) is 11.9 Å². The first-order chi connectivity index (χ1) is 8.56. The van der Waals surface area contributed by atoms with Crippen LogP contribution in [0.2, 0.25) is 0 Å². The first kappa shape index (κ1) is 14.7. The minimum Gasteiger partial charge on any atom is -0.370 e. The molecule has 0 aliphatic carbocycles. The van der Waals surface area contributed by atoms with Crippen LogP contribution in [0.5, 0.6) is 0 Å². The van der Waals surface area contributed by atoms with E-state index in [1.54, 1.807) is 0 Å². The maximum absolute atomic E-state index is 4.50. The van der Waals surface area contributed by atoms with Gasteiger partial charge in [-0.05, 0) is 18.8 Å². The van der Waals surface area contributed by atoms with E-state index in [1.165, 1.54) is 0 Å². The Balaban J connectivity index is 2.71. The summed E-state index contributed by atoms with van der Waals surface area (Å²) < 4.78 is 0. The minimum atomic E-state index is 0.632. The molecule has 1 atom stereocenters.